The smallest absolute Gasteiger partial charge is 0.345 e. The third kappa shape index (κ3) is 5.05. The van der Waals surface area contributed by atoms with Gasteiger partial charge in [0.1, 0.15) is 23.0 Å². The molecule has 0 saturated heterocycles. The Hall–Kier alpha value is -5.25. The van der Waals surface area contributed by atoms with E-state index in [9.17, 15) is 35.2 Å². The van der Waals surface area contributed by atoms with E-state index in [0.717, 1.165) is 42.7 Å². The van der Waals surface area contributed by atoms with Gasteiger partial charge in [-0.2, -0.15) is 13.2 Å². The molecule has 9 nitrogen and oxygen atoms in total. The number of imidazole rings is 1. The van der Waals surface area contributed by atoms with Gasteiger partial charge in [-0.05, 0) is 42.5 Å². The summed E-state index contributed by atoms with van der Waals surface area (Å²) < 4.78 is 112. The number of sulfonamides is 1. The minimum Gasteiger partial charge on any atom is -0.345 e. The lowest BCUT2D eigenvalue weighted by molar-refractivity contribution is -0.141. The maximum absolute atomic E-state index is 15.5. The number of ketones is 1. The lowest BCUT2D eigenvalue weighted by Gasteiger charge is -2.12. The minimum atomic E-state index is -4.68. The molecule has 0 aliphatic heterocycles. The summed E-state index contributed by atoms with van der Waals surface area (Å²) in [4.78, 5) is 27.4. The largest absolute Gasteiger partial charge is 0.433 e. The molecule has 0 radical (unpaired) electrons. The van der Waals surface area contributed by atoms with E-state index in [2.05, 4.69) is 19.9 Å². The number of anilines is 1. The number of pyridine rings is 1. The SMILES string of the molecule is O=C(c1c(F)ccc(NS(=O)(=O)c2cccc(F)c2)c1F)c1c[nH]c2ncc(-c3cn4ccc(C(F)(F)F)nc4n3)cc12. The Bertz CT molecular complexity index is 2190. The molecule has 6 aromatic rings. The second kappa shape index (κ2) is 9.94. The van der Waals surface area contributed by atoms with Crippen molar-refractivity contribution < 1.29 is 39.6 Å². The van der Waals surface area contributed by atoms with E-state index >= 15 is 4.39 Å². The molecule has 0 aliphatic carbocycles. The fourth-order valence-electron chi connectivity index (χ4n) is 4.31. The molecule has 0 amide bonds. The van der Waals surface area contributed by atoms with E-state index in [1.807, 2.05) is 4.72 Å². The number of hydrogen-bond acceptors (Lipinski definition) is 6. The third-order valence-electron chi connectivity index (χ3n) is 6.36. The highest BCUT2D eigenvalue weighted by atomic mass is 32.2. The Balaban J connectivity index is 1.38. The van der Waals surface area contributed by atoms with Crippen LogP contribution in [0.2, 0.25) is 0 Å². The fraction of sp³-hybridized carbons (Fsp3) is 0.0370. The van der Waals surface area contributed by atoms with Crippen LogP contribution in [-0.4, -0.2) is 38.5 Å². The van der Waals surface area contributed by atoms with Crippen molar-refractivity contribution in [2.75, 3.05) is 4.72 Å². The van der Waals surface area contributed by atoms with E-state index < -0.39 is 61.3 Å². The average molecular weight is 617 g/mol. The lowest BCUT2D eigenvalue weighted by Crippen LogP contribution is -2.16. The van der Waals surface area contributed by atoms with Crippen molar-refractivity contribution in [2.24, 2.45) is 0 Å². The summed E-state index contributed by atoms with van der Waals surface area (Å²) in [5.41, 5.74) is -2.70. The Morgan fingerprint density at radius 1 is 1.00 bits per heavy atom. The van der Waals surface area contributed by atoms with E-state index in [0.29, 0.717) is 12.1 Å². The molecule has 4 aromatic heterocycles. The average Bonchev–Trinajstić information content (AvgIpc) is 3.58. The van der Waals surface area contributed by atoms with Crippen molar-refractivity contribution in [3.8, 4) is 11.3 Å². The normalized spacial score (nSPS) is 12.2. The van der Waals surface area contributed by atoms with Gasteiger partial charge in [-0.3, -0.25) is 13.9 Å². The molecule has 0 aliphatic rings. The Labute approximate surface area is 236 Å². The van der Waals surface area contributed by atoms with Gasteiger partial charge in [0, 0.05) is 41.3 Å². The third-order valence-corrected chi connectivity index (χ3v) is 7.72. The number of nitrogens with zero attached hydrogens (tertiary/aromatic N) is 4. The molecular formula is C27H14F6N6O3S. The number of H-pyrrole nitrogens is 1. The van der Waals surface area contributed by atoms with Gasteiger partial charge in [0.25, 0.3) is 10.0 Å². The molecule has 0 spiro atoms. The van der Waals surface area contributed by atoms with Crippen LogP contribution in [0.3, 0.4) is 0 Å². The van der Waals surface area contributed by atoms with Gasteiger partial charge in [-0.25, -0.2) is 36.5 Å². The molecule has 2 aromatic carbocycles. The van der Waals surface area contributed by atoms with Crippen molar-refractivity contribution in [3.05, 3.63) is 108 Å². The highest BCUT2D eigenvalue weighted by Gasteiger charge is 2.33. The van der Waals surface area contributed by atoms with Crippen LogP contribution >= 0.6 is 0 Å². The molecule has 0 atom stereocenters. The van der Waals surface area contributed by atoms with Gasteiger partial charge in [-0.1, -0.05) is 6.07 Å². The molecule has 0 saturated carbocycles. The lowest BCUT2D eigenvalue weighted by atomic mass is 10.0. The molecular weight excluding hydrogens is 602 g/mol. The van der Waals surface area contributed by atoms with E-state index in [4.69, 9.17) is 0 Å². The van der Waals surface area contributed by atoms with Crippen LogP contribution in [0.1, 0.15) is 21.6 Å². The Kier molecular flexibility index (Phi) is 6.45. The number of aromatic amines is 1. The number of aromatic nitrogens is 5. The Morgan fingerprint density at radius 3 is 2.53 bits per heavy atom. The van der Waals surface area contributed by atoms with Gasteiger partial charge in [0.15, 0.2) is 5.82 Å². The fourth-order valence-corrected chi connectivity index (χ4v) is 5.40. The predicted molar refractivity (Wildman–Crippen MR) is 140 cm³/mol. The number of alkyl halides is 3. The maximum atomic E-state index is 15.5. The van der Waals surface area contributed by atoms with Crippen LogP contribution in [0, 0.1) is 17.5 Å². The highest BCUT2D eigenvalue weighted by Crippen LogP contribution is 2.31. The van der Waals surface area contributed by atoms with Gasteiger partial charge in [0.2, 0.25) is 11.6 Å². The van der Waals surface area contributed by atoms with Crippen LogP contribution in [0.4, 0.5) is 32.0 Å². The summed E-state index contributed by atoms with van der Waals surface area (Å²) in [7, 11) is -4.52. The number of nitrogens with one attached hydrogen (secondary N) is 2. The quantitative estimate of drug-likeness (QED) is 0.182. The molecule has 16 heteroatoms. The standard InChI is InChI=1S/C27H14F6N6O3S/c28-14-2-1-3-15(9-14)43(41,42)38-19-5-4-18(29)22(23(19)30)24(40)17-11-35-25-16(17)8-13(10-34-25)20-12-39-7-6-21(27(31,32)33)37-26(39)36-20/h1-12,38H,(H,34,35). The Morgan fingerprint density at radius 2 is 1.79 bits per heavy atom. The molecule has 0 unspecified atom stereocenters. The van der Waals surface area contributed by atoms with Gasteiger partial charge in [0.05, 0.1) is 21.8 Å². The first kappa shape index (κ1) is 27.9. The zero-order valence-corrected chi connectivity index (χ0v) is 21.9. The van der Waals surface area contributed by atoms with E-state index in [1.165, 1.54) is 22.9 Å². The summed E-state index contributed by atoms with van der Waals surface area (Å²) in [5.74, 6) is -5.09. The minimum absolute atomic E-state index is 0.0908. The van der Waals surface area contributed by atoms with Crippen LogP contribution in [0.15, 0.2) is 78.2 Å². The maximum Gasteiger partial charge on any atom is 0.433 e. The summed E-state index contributed by atoms with van der Waals surface area (Å²) in [6.07, 6.45) is 0.290. The topological polar surface area (TPSA) is 122 Å². The number of fused-ring (bicyclic) bond motifs is 2. The predicted octanol–water partition coefficient (Wildman–Crippen LogP) is 5.74. The molecule has 0 bridgehead atoms. The van der Waals surface area contributed by atoms with Crippen molar-refractivity contribution in [3.63, 3.8) is 0 Å². The molecule has 6 rings (SSSR count). The summed E-state index contributed by atoms with van der Waals surface area (Å²) >= 11 is 0. The number of carbonyl (C=O) groups is 1. The number of benzene rings is 2. The first-order chi connectivity index (χ1) is 20.3. The zero-order valence-electron chi connectivity index (χ0n) is 21.1. The molecule has 0 fully saturated rings. The summed E-state index contributed by atoms with van der Waals surface area (Å²) in [6, 6.07) is 7.52. The monoisotopic (exact) mass is 616 g/mol. The highest BCUT2D eigenvalue weighted by molar-refractivity contribution is 7.92. The van der Waals surface area contributed by atoms with Crippen molar-refractivity contribution in [1.82, 2.24) is 24.3 Å². The van der Waals surface area contributed by atoms with Crippen LogP contribution in [0.5, 0.6) is 0 Å². The van der Waals surface area contributed by atoms with Crippen molar-refractivity contribution in [1.29, 1.82) is 0 Å². The number of halogens is 6. The number of carbonyl (C=O) groups excluding carboxylic acids is 1. The van der Waals surface area contributed by atoms with Crippen molar-refractivity contribution >= 4 is 38.3 Å². The zero-order chi connectivity index (χ0) is 30.7. The van der Waals surface area contributed by atoms with Crippen LogP contribution < -0.4 is 4.72 Å². The van der Waals surface area contributed by atoms with Crippen LogP contribution in [-0.2, 0) is 16.2 Å². The van der Waals surface area contributed by atoms with Gasteiger partial charge < -0.3 is 4.98 Å². The summed E-state index contributed by atoms with van der Waals surface area (Å²) in [6.45, 7) is 0. The number of rotatable bonds is 6. The molecule has 4 heterocycles. The van der Waals surface area contributed by atoms with Gasteiger partial charge >= 0.3 is 6.18 Å². The summed E-state index contributed by atoms with van der Waals surface area (Å²) in [5, 5.41) is 0.0908. The van der Waals surface area contributed by atoms with E-state index in [1.54, 1.807) is 0 Å². The molecule has 218 valence electrons. The number of hydrogen-bond donors (Lipinski definition) is 2. The van der Waals surface area contributed by atoms with Crippen molar-refractivity contribution in [2.45, 2.75) is 11.1 Å². The molecule has 2 N–H and O–H groups in total. The first-order valence-electron chi connectivity index (χ1n) is 12.0. The second-order valence-corrected chi connectivity index (χ2v) is 10.8. The first-order valence-corrected chi connectivity index (χ1v) is 13.5. The second-order valence-electron chi connectivity index (χ2n) is 9.14. The molecule has 43 heavy (non-hydrogen) atoms. The van der Waals surface area contributed by atoms with E-state index in [-0.39, 0.29) is 33.6 Å². The van der Waals surface area contributed by atoms with Gasteiger partial charge in [-0.15, -0.1) is 0 Å². The van der Waals surface area contributed by atoms with Crippen LogP contribution in [0.25, 0.3) is 28.1 Å².